The third kappa shape index (κ3) is 3.59. The molecular formula is C23H18BrF2N7O2. The van der Waals surface area contributed by atoms with E-state index in [-0.39, 0.29) is 47.3 Å². The Bertz CT molecular complexity index is 1540. The van der Waals surface area contributed by atoms with Crippen LogP contribution in [-0.2, 0) is 16.1 Å². The Hall–Kier alpha value is -3.67. The first-order chi connectivity index (χ1) is 16.8. The summed E-state index contributed by atoms with van der Waals surface area (Å²) in [6.45, 7) is -0.219. The third-order valence-corrected chi connectivity index (χ3v) is 7.11. The monoisotopic (exact) mass is 541 g/mol. The first kappa shape index (κ1) is 21.8. The molecule has 2 fully saturated rings. The molecule has 4 heterocycles. The van der Waals surface area contributed by atoms with Gasteiger partial charge in [0.15, 0.2) is 11.6 Å². The SMILES string of the molecule is Nc1ncnc2c1c1cc(F)c(F)cc1n2CC(=O)N1C2C[C@@H]2C[C@H]1C(=O)Nc1cccc(Br)n1. The maximum atomic E-state index is 14.2. The van der Waals surface area contributed by atoms with Crippen molar-refractivity contribution in [2.24, 2.45) is 5.92 Å². The summed E-state index contributed by atoms with van der Waals surface area (Å²) in [5, 5.41) is 3.43. The van der Waals surface area contributed by atoms with Gasteiger partial charge in [-0.3, -0.25) is 9.59 Å². The Balaban J connectivity index is 1.34. The molecule has 0 radical (unpaired) electrons. The molecule has 0 bridgehead atoms. The van der Waals surface area contributed by atoms with E-state index in [2.05, 4.69) is 36.2 Å². The van der Waals surface area contributed by atoms with Crippen molar-refractivity contribution in [2.45, 2.75) is 31.5 Å². The minimum absolute atomic E-state index is 0.0318. The van der Waals surface area contributed by atoms with E-state index in [1.807, 2.05) is 0 Å². The Morgan fingerprint density at radius 2 is 1.97 bits per heavy atom. The van der Waals surface area contributed by atoms with Crippen LogP contribution in [0.4, 0.5) is 20.4 Å². The maximum absolute atomic E-state index is 14.2. The second-order valence-corrected chi connectivity index (χ2v) is 9.59. The highest BCUT2D eigenvalue weighted by molar-refractivity contribution is 9.10. The van der Waals surface area contributed by atoms with Crippen molar-refractivity contribution in [3.05, 3.63) is 52.9 Å². The zero-order chi connectivity index (χ0) is 24.4. The van der Waals surface area contributed by atoms with Crippen molar-refractivity contribution < 1.29 is 18.4 Å². The number of anilines is 2. The van der Waals surface area contributed by atoms with Crippen molar-refractivity contribution in [3.8, 4) is 0 Å². The lowest BCUT2D eigenvalue weighted by Crippen LogP contribution is -2.46. The molecular weight excluding hydrogens is 524 g/mol. The first-order valence-electron chi connectivity index (χ1n) is 10.9. The predicted molar refractivity (Wildman–Crippen MR) is 127 cm³/mol. The van der Waals surface area contributed by atoms with E-state index >= 15 is 0 Å². The highest BCUT2D eigenvalue weighted by Gasteiger charge is 2.56. The molecule has 35 heavy (non-hydrogen) atoms. The van der Waals surface area contributed by atoms with E-state index in [9.17, 15) is 18.4 Å². The van der Waals surface area contributed by atoms with Gasteiger partial charge in [0.1, 0.15) is 40.8 Å². The van der Waals surface area contributed by atoms with Gasteiger partial charge < -0.3 is 20.5 Å². The molecule has 1 aliphatic carbocycles. The molecule has 2 amide bonds. The molecule has 3 aromatic heterocycles. The quantitative estimate of drug-likeness (QED) is 0.383. The highest BCUT2D eigenvalue weighted by atomic mass is 79.9. The molecule has 4 aromatic rings. The molecule has 1 unspecified atom stereocenters. The number of fused-ring (bicyclic) bond motifs is 4. The van der Waals surface area contributed by atoms with Gasteiger partial charge in [-0.05, 0) is 52.9 Å². The second-order valence-electron chi connectivity index (χ2n) is 8.78. The average molecular weight is 542 g/mol. The van der Waals surface area contributed by atoms with Crippen LogP contribution in [0.5, 0.6) is 0 Å². The van der Waals surface area contributed by atoms with Gasteiger partial charge >= 0.3 is 0 Å². The molecule has 178 valence electrons. The minimum atomic E-state index is -1.05. The summed E-state index contributed by atoms with van der Waals surface area (Å²) in [5.74, 6) is -2.00. The largest absolute Gasteiger partial charge is 0.383 e. The Kier molecular flexibility index (Phi) is 4.95. The van der Waals surface area contributed by atoms with Gasteiger partial charge in [0.2, 0.25) is 11.8 Å². The van der Waals surface area contributed by atoms with E-state index in [4.69, 9.17) is 5.73 Å². The van der Waals surface area contributed by atoms with E-state index in [0.29, 0.717) is 27.6 Å². The number of amides is 2. The van der Waals surface area contributed by atoms with Crippen molar-refractivity contribution in [2.75, 3.05) is 11.1 Å². The number of nitrogen functional groups attached to an aromatic ring is 1. The van der Waals surface area contributed by atoms with Crippen LogP contribution in [0.15, 0.2) is 41.3 Å². The van der Waals surface area contributed by atoms with E-state index < -0.39 is 17.7 Å². The number of likely N-dealkylation sites (tertiary alicyclic amines) is 1. The Labute approximate surface area is 205 Å². The predicted octanol–water partition coefficient (Wildman–Crippen LogP) is 3.23. The van der Waals surface area contributed by atoms with Gasteiger partial charge in [-0.1, -0.05) is 6.07 Å². The topological polar surface area (TPSA) is 119 Å². The molecule has 1 aromatic carbocycles. The fourth-order valence-electron chi connectivity index (χ4n) is 5.04. The number of hydrogen-bond donors (Lipinski definition) is 2. The fourth-order valence-corrected chi connectivity index (χ4v) is 5.38. The van der Waals surface area contributed by atoms with Crippen molar-refractivity contribution in [1.82, 2.24) is 24.4 Å². The molecule has 6 rings (SSSR count). The Morgan fingerprint density at radius 1 is 1.17 bits per heavy atom. The van der Waals surface area contributed by atoms with Gasteiger partial charge in [0.05, 0.1) is 10.9 Å². The number of hydrogen-bond acceptors (Lipinski definition) is 6. The molecule has 1 saturated carbocycles. The van der Waals surface area contributed by atoms with Gasteiger partial charge in [0, 0.05) is 17.5 Å². The lowest BCUT2D eigenvalue weighted by atomic mass is 10.1. The number of aromatic nitrogens is 4. The average Bonchev–Trinajstić information content (AvgIpc) is 3.37. The normalized spacial score (nSPS) is 20.9. The maximum Gasteiger partial charge on any atom is 0.248 e. The molecule has 2 aliphatic rings. The third-order valence-electron chi connectivity index (χ3n) is 6.67. The van der Waals surface area contributed by atoms with E-state index in [1.54, 1.807) is 23.1 Å². The fraction of sp³-hybridized carbons (Fsp3) is 0.261. The lowest BCUT2D eigenvalue weighted by molar-refractivity contribution is -0.138. The van der Waals surface area contributed by atoms with Crippen LogP contribution in [-0.4, -0.2) is 48.3 Å². The van der Waals surface area contributed by atoms with E-state index in [1.165, 1.54) is 10.9 Å². The summed E-state index contributed by atoms with van der Waals surface area (Å²) in [6, 6.07) is 6.52. The van der Waals surface area contributed by atoms with Crippen LogP contribution in [0.25, 0.3) is 21.9 Å². The van der Waals surface area contributed by atoms with Crippen molar-refractivity contribution in [1.29, 1.82) is 0 Å². The van der Waals surface area contributed by atoms with Crippen LogP contribution in [0.2, 0.25) is 0 Å². The number of carbonyl (C=O) groups is 2. The summed E-state index contributed by atoms with van der Waals surface area (Å²) < 4.78 is 30.3. The highest BCUT2D eigenvalue weighted by Crippen LogP contribution is 2.48. The van der Waals surface area contributed by atoms with Gasteiger partial charge in [-0.25, -0.2) is 23.7 Å². The molecule has 3 atom stereocenters. The number of pyridine rings is 1. The lowest BCUT2D eigenvalue weighted by Gasteiger charge is -2.27. The van der Waals surface area contributed by atoms with Crippen molar-refractivity contribution >= 4 is 61.3 Å². The molecule has 3 N–H and O–H groups in total. The van der Waals surface area contributed by atoms with Gasteiger partial charge in [-0.2, -0.15) is 0 Å². The van der Waals surface area contributed by atoms with Crippen LogP contribution in [0.3, 0.4) is 0 Å². The number of nitrogens with zero attached hydrogens (tertiary/aromatic N) is 5. The molecule has 12 heteroatoms. The summed E-state index contributed by atoms with van der Waals surface area (Å²) in [5.41, 5.74) is 6.57. The number of piperidine rings is 1. The Morgan fingerprint density at radius 3 is 2.77 bits per heavy atom. The van der Waals surface area contributed by atoms with Crippen LogP contribution in [0.1, 0.15) is 12.8 Å². The zero-order valence-electron chi connectivity index (χ0n) is 18.1. The minimum Gasteiger partial charge on any atom is -0.383 e. The number of nitrogens with one attached hydrogen (secondary N) is 1. The molecule has 1 aliphatic heterocycles. The summed E-state index contributed by atoms with van der Waals surface area (Å²) in [7, 11) is 0. The van der Waals surface area contributed by atoms with Gasteiger partial charge in [-0.15, -0.1) is 0 Å². The number of halogens is 3. The van der Waals surface area contributed by atoms with E-state index in [0.717, 1.165) is 18.6 Å². The van der Waals surface area contributed by atoms with Crippen LogP contribution >= 0.6 is 15.9 Å². The number of rotatable bonds is 4. The number of nitrogens with two attached hydrogens (primary N) is 1. The summed E-state index contributed by atoms with van der Waals surface area (Å²) in [6.07, 6.45) is 2.61. The first-order valence-corrected chi connectivity index (χ1v) is 11.7. The molecule has 0 spiro atoms. The standard InChI is InChI=1S/C23H18BrF2N7O2/c24-17-2-1-3-18(30-17)31-23(35)16-5-10-4-14(10)33(16)19(34)8-32-15-7-13(26)12(25)6-11(15)20-21(27)28-9-29-22(20)32/h1-3,6-7,9-10,14,16H,4-5,8H2,(H2,27,28,29)(H,30,31,35)/t10-,14?,16+/m1/s1. The van der Waals surface area contributed by atoms with Gasteiger partial charge in [0.25, 0.3) is 0 Å². The molecule has 1 saturated heterocycles. The summed E-state index contributed by atoms with van der Waals surface area (Å²) in [4.78, 5) is 40.6. The molecule has 9 nitrogen and oxygen atoms in total. The zero-order valence-corrected chi connectivity index (χ0v) is 19.7. The van der Waals surface area contributed by atoms with Crippen molar-refractivity contribution in [3.63, 3.8) is 0 Å². The number of carbonyl (C=O) groups excluding carboxylic acids is 2. The second kappa shape index (κ2) is 7.94. The smallest absolute Gasteiger partial charge is 0.248 e. The number of benzene rings is 1. The summed E-state index contributed by atoms with van der Waals surface area (Å²) >= 11 is 3.28. The van der Waals surface area contributed by atoms with Crippen LogP contribution < -0.4 is 11.1 Å². The van der Waals surface area contributed by atoms with Crippen LogP contribution in [0, 0.1) is 17.6 Å².